The Labute approximate surface area is 263 Å². The van der Waals surface area contributed by atoms with Crippen molar-refractivity contribution >= 4 is 0 Å². The molecule has 0 aromatic heterocycles. The van der Waals surface area contributed by atoms with Gasteiger partial charge in [0.2, 0.25) is 0 Å². The van der Waals surface area contributed by atoms with E-state index in [2.05, 4.69) is 34.7 Å². The van der Waals surface area contributed by atoms with Crippen LogP contribution in [0, 0.1) is 0 Å². The average molecular weight is 579 g/mol. The zero-order chi connectivity index (χ0) is 30.1. The van der Waals surface area contributed by atoms with Crippen molar-refractivity contribution in [2.75, 3.05) is 20.1 Å². The molecule has 0 N–H and O–H groups in total. The van der Waals surface area contributed by atoms with Gasteiger partial charge in [0, 0.05) is 0 Å². The molecule has 0 rings (SSSR count). The number of quaternary nitrogens is 1. The van der Waals surface area contributed by atoms with E-state index in [1.165, 1.54) is 223 Å². The van der Waals surface area contributed by atoms with Crippen LogP contribution in [0.4, 0.5) is 0 Å². The van der Waals surface area contributed by atoms with Crippen LogP contribution in [0.5, 0.6) is 0 Å². The lowest BCUT2D eigenvalue weighted by atomic mass is 10.0. The maximum absolute atomic E-state index is 2.54. The van der Waals surface area contributed by atoms with Crippen molar-refractivity contribution in [3.05, 3.63) is 0 Å². The molecule has 0 aliphatic rings. The fourth-order valence-electron chi connectivity index (χ4n) is 6.67. The van der Waals surface area contributed by atoms with Gasteiger partial charge in [0.1, 0.15) is 0 Å². The molecule has 0 aromatic rings. The third kappa shape index (κ3) is 29.8. The second-order valence-corrected chi connectivity index (χ2v) is 14.6. The summed E-state index contributed by atoms with van der Waals surface area (Å²) in [6.45, 7) is 12.3. The van der Waals surface area contributed by atoms with Crippen LogP contribution in [0.2, 0.25) is 0 Å². The van der Waals surface area contributed by atoms with E-state index in [-0.39, 0.29) is 0 Å². The van der Waals surface area contributed by atoms with E-state index >= 15 is 0 Å². The summed E-state index contributed by atoms with van der Waals surface area (Å²) < 4.78 is 1.30. The van der Waals surface area contributed by atoms with Gasteiger partial charge in [-0.2, -0.15) is 0 Å². The van der Waals surface area contributed by atoms with Gasteiger partial charge in [-0.15, -0.1) is 0 Å². The molecule has 0 aromatic carbocycles. The molecule has 0 atom stereocenters. The van der Waals surface area contributed by atoms with Gasteiger partial charge in [0.25, 0.3) is 0 Å². The maximum atomic E-state index is 2.54. The largest absolute Gasteiger partial charge is 0.324 e. The molecule has 41 heavy (non-hydrogen) atoms. The molecule has 0 amide bonds. The van der Waals surface area contributed by atoms with Crippen LogP contribution < -0.4 is 0 Å². The van der Waals surface area contributed by atoms with Crippen molar-refractivity contribution in [3.8, 4) is 0 Å². The van der Waals surface area contributed by atoms with E-state index < -0.39 is 0 Å². The number of hydrogen-bond acceptors (Lipinski definition) is 0. The highest BCUT2D eigenvalue weighted by Crippen LogP contribution is 2.19. The molecule has 0 saturated heterocycles. The van der Waals surface area contributed by atoms with Gasteiger partial charge in [0.15, 0.2) is 0 Å². The van der Waals surface area contributed by atoms with Gasteiger partial charge in [-0.1, -0.05) is 194 Å². The summed E-state index contributed by atoms with van der Waals surface area (Å²) in [5.74, 6) is 0. The summed E-state index contributed by atoms with van der Waals surface area (Å²) in [7, 11) is 2.54. The van der Waals surface area contributed by atoms with Crippen LogP contribution in [0.1, 0.15) is 233 Å². The van der Waals surface area contributed by atoms with Gasteiger partial charge in [-0.3, -0.25) is 0 Å². The van der Waals surface area contributed by atoms with Crippen LogP contribution in [0.15, 0.2) is 0 Å². The van der Waals surface area contributed by atoms with Crippen molar-refractivity contribution in [1.82, 2.24) is 0 Å². The number of unbranched alkanes of at least 4 members (excludes halogenated alkanes) is 30. The Morgan fingerprint density at radius 3 is 0.634 bits per heavy atom. The molecule has 0 fully saturated rings. The van der Waals surface area contributed by atoms with Crippen molar-refractivity contribution in [2.24, 2.45) is 0 Å². The van der Waals surface area contributed by atoms with Crippen molar-refractivity contribution in [3.63, 3.8) is 0 Å². The first kappa shape index (κ1) is 41.0. The predicted octanol–water partition coefficient (Wildman–Crippen LogP) is 14.4. The highest BCUT2D eigenvalue weighted by atomic mass is 15.3. The van der Waals surface area contributed by atoms with Crippen molar-refractivity contribution in [2.45, 2.75) is 239 Å². The molecule has 1 heteroatoms. The third-order valence-electron chi connectivity index (χ3n) is 10.3. The highest BCUT2D eigenvalue weighted by Gasteiger charge is 2.24. The Kier molecular flexibility index (Phi) is 32.8. The lowest BCUT2D eigenvalue weighted by Gasteiger charge is -2.39. The average Bonchev–Trinajstić information content (AvgIpc) is 2.96. The monoisotopic (exact) mass is 579 g/mol. The molecular weight excluding hydrogens is 494 g/mol. The molecule has 0 unspecified atom stereocenters. The number of hydrogen-bond donors (Lipinski definition) is 0. The SMILES string of the molecule is CCCCCCCCCCCCCCCCCC[N+](C)(CCCCCCCCCCCCCCCCCC)C(C)C. The molecule has 0 heterocycles. The van der Waals surface area contributed by atoms with E-state index in [4.69, 9.17) is 0 Å². The van der Waals surface area contributed by atoms with Crippen LogP contribution in [0.3, 0.4) is 0 Å². The smallest absolute Gasteiger partial charge is 0.0831 e. The van der Waals surface area contributed by atoms with Gasteiger partial charge >= 0.3 is 0 Å². The first-order valence-corrected chi connectivity index (χ1v) is 19.9. The van der Waals surface area contributed by atoms with Crippen LogP contribution in [-0.2, 0) is 0 Å². The topological polar surface area (TPSA) is 0 Å². The van der Waals surface area contributed by atoms with Gasteiger partial charge in [-0.05, 0) is 39.5 Å². The lowest BCUT2D eigenvalue weighted by molar-refractivity contribution is -0.930. The first-order chi connectivity index (χ1) is 20.1. The van der Waals surface area contributed by atoms with E-state index in [9.17, 15) is 0 Å². The molecule has 0 spiro atoms. The number of nitrogens with zero attached hydrogens (tertiary/aromatic N) is 1. The standard InChI is InChI=1S/C40H84N/c1-6-8-10-12-14-16-18-20-22-24-26-28-30-32-34-36-38-41(5,40(3)4)39-37-35-33-31-29-27-25-23-21-19-17-15-13-11-9-7-2/h40H,6-39H2,1-5H3/q+1. The minimum Gasteiger partial charge on any atom is -0.324 e. The summed E-state index contributed by atoms with van der Waals surface area (Å²) in [5, 5.41) is 0. The van der Waals surface area contributed by atoms with Crippen LogP contribution in [-0.4, -0.2) is 30.7 Å². The minimum atomic E-state index is 0.766. The fourth-order valence-corrected chi connectivity index (χ4v) is 6.67. The molecule has 0 aliphatic heterocycles. The third-order valence-corrected chi connectivity index (χ3v) is 10.3. The summed E-state index contributed by atoms with van der Waals surface area (Å²) in [6.07, 6.45) is 46.9. The summed E-state index contributed by atoms with van der Waals surface area (Å²) in [5.41, 5.74) is 0. The van der Waals surface area contributed by atoms with E-state index in [0.717, 1.165) is 6.04 Å². The molecule has 0 saturated carbocycles. The highest BCUT2D eigenvalue weighted by molar-refractivity contribution is 4.54. The summed E-state index contributed by atoms with van der Waals surface area (Å²) in [4.78, 5) is 0. The maximum Gasteiger partial charge on any atom is 0.0831 e. The Morgan fingerprint density at radius 1 is 0.293 bits per heavy atom. The van der Waals surface area contributed by atoms with Gasteiger partial charge in [-0.25, -0.2) is 0 Å². The Morgan fingerprint density at radius 2 is 0.463 bits per heavy atom. The van der Waals surface area contributed by atoms with E-state index in [1.54, 1.807) is 0 Å². The van der Waals surface area contributed by atoms with Gasteiger partial charge in [0.05, 0.1) is 26.2 Å². The molecule has 1 nitrogen and oxygen atoms in total. The zero-order valence-corrected chi connectivity index (χ0v) is 30.1. The van der Waals surface area contributed by atoms with Crippen LogP contribution in [0.25, 0.3) is 0 Å². The van der Waals surface area contributed by atoms with E-state index in [1.807, 2.05) is 0 Å². The van der Waals surface area contributed by atoms with Gasteiger partial charge < -0.3 is 4.48 Å². The number of rotatable bonds is 35. The van der Waals surface area contributed by atoms with E-state index in [0.29, 0.717) is 0 Å². The molecule has 0 aliphatic carbocycles. The zero-order valence-electron chi connectivity index (χ0n) is 30.1. The Balaban J connectivity index is 3.50. The van der Waals surface area contributed by atoms with Crippen LogP contribution >= 0.6 is 0 Å². The molecular formula is C40H84N+. The summed E-state index contributed by atoms with van der Waals surface area (Å²) >= 11 is 0. The summed E-state index contributed by atoms with van der Waals surface area (Å²) in [6, 6.07) is 0.766. The second kappa shape index (κ2) is 32.9. The molecule has 0 radical (unpaired) electrons. The first-order valence-electron chi connectivity index (χ1n) is 19.9. The predicted molar refractivity (Wildman–Crippen MR) is 190 cm³/mol. The quantitative estimate of drug-likeness (QED) is 0.0518. The minimum absolute atomic E-state index is 0.766. The lowest BCUT2D eigenvalue weighted by Crippen LogP contribution is -2.50. The van der Waals surface area contributed by atoms with Crippen molar-refractivity contribution in [1.29, 1.82) is 0 Å². The normalized spacial score (nSPS) is 12.1. The Hall–Kier alpha value is -0.0400. The molecule has 0 bridgehead atoms. The van der Waals surface area contributed by atoms with Crippen molar-refractivity contribution < 1.29 is 4.48 Å². The second-order valence-electron chi connectivity index (χ2n) is 14.6. The Bertz CT molecular complexity index is 433. The molecule has 248 valence electrons. The fraction of sp³-hybridized carbons (Fsp3) is 1.00.